The number of fused-ring (bicyclic) bond motifs is 4. The van der Waals surface area contributed by atoms with E-state index in [9.17, 15) is 48.6 Å². The Morgan fingerprint density at radius 1 is 0.677 bits per heavy atom. The van der Waals surface area contributed by atoms with Crippen LogP contribution in [0.15, 0.2) is 94.4 Å². The number of anilines is 1. The van der Waals surface area contributed by atoms with Crippen molar-refractivity contribution in [1.29, 1.82) is 0 Å². The number of carboxylic acid groups (broad SMARTS) is 1. The van der Waals surface area contributed by atoms with Crippen molar-refractivity contribution in [3.8, 4) is 34.1 Å². The molecular weight excluding hydrogens is 1300 g/mol. The van der Waals surface area contributed by atoms with E-state index in [2.05, 4.69) is 57.2 Å². The van der Waals surface area contributed by atoms with Crippen LogP contribution >= 0.6 is 11.8 Å². The molecule has 2 saturated heterocycles. The molecule has 1 unspecified atom stereocenters. The third kappa shape index (κ3) is 23.1. The average Bonchev–Trinajstić information content (AvgIpc) is 1.30. The van der Waals surface area contributed by atoms with E-state index in [1.54, 1.807) is 18.2 Å². The summed E-state index contributed by atoms with van der Waals surface area (Å²) >= 11 is 1.86. The number of ether oxygens (including phenoxy) is 5. The highest BCUT2D eigenvalue weighted by Crippen LogP contribution is 2.42. The average molecular weight is 1390 g/mol. The molecule has 99 heavy (non-hydrogen) atoms. The van der Waals surface area contributed by atoms with E-state index < -0.39 is 17.9 Å². The molecule has 530 valence electrons. The molecule has 28 nitrogen and oxygen atoms in total. The van der Waals surface area contributed by atoms with Crippen molar-refractivity contribution in [2.75, 3.05) is 83.9 Å². The maximum atomic E-state index is 13.5. The van der Waals surface area contributed by atoms with E-state index in [0.717, 1.165) is 36.1 Å². The predicted octanol–water partition coefficient (Wildman–Crippen LogP) is 6.06. The van der Waals surface area contributed by atoms with Crippen molar-refractivity contribution < 1.29 is 76.9 Å². The minimum absolute atomic E-state index is 0.00472. The second-order valence-corrected chi connectivity index (χ2v) is 25.6. The molecule has 5 heterocycles. The molecule has 5 aromatic rings. The highest BCUT2D eigenvalue weighted by molar-refractivity contribution is 8.00. The predicted molar refractivity (Wildman–Crippen MR) is 369 cm³/mol. The number of amides is 7. The Morgan fingerprint density at radius 2 is 1.33 bits per heavy atom. The summed E-state index contributed by atoms with van der Waals surface area (Å²) in [6.07, 6.45) is 10.2. The number of nitrogens with zero attached hydrogens (tertiary/aromatic N) is 2. The Kier molecular flexibility index (Phi) is 28.8. The van der Waals surface area contributed by atoms with Crippen molar-refractivity contribution in [3.63, 3.8) is 0 Å². The zero-order valence-electron chi connectivity index (χ0n) is 55.4. The van der Waals surface area contributed by atoms with Gasteiger partial charge in [-0.25, -0.2) is 19.6 Å². The Bertz CT molecular complexity index is 3870. The van der Waals surface area contributed by atoms with Gasteiger partial charge >= 0.3 is 17.9 Å². The summed E-state index contributed by atoms with van der Waals surface area (Å²) in [6.45, 7) is 4.50. The van der Waals surface area contributed by atoms with Gasteiger partial charge in [0.2, 0.25) is 23.6 Å². The largest absolute Gasteiger partial charge is 0.508 e. The van der Waals surface area contributed by atoms with Crippen LogP contribution in [0.25, 0.3) is 44.6 Å². The highest BCUT2D eigenvalue weighted by Gasteiger charge is 2.42. The molecule has 0 radical (unpaired) electrons. The van der Waals surface area contributed by atoms with Gasteiger partial charge in [0.05, 0.1) is 76.8 Å². The van der Waals surface area contributed by atoms with Gasteiger partial charge in [-0.15, -0.1) is 0 Å². The molecular formula is C70H89N12O16S+. The molecule has 0 bridgehead atoms. The van der Waals surface area contributed by atoms with E-state index in [1.807, 2.05) is 36.0 Å². The first-order valence-corrected chi connectivity index (χ1v) is 34.9. The number of phenolic OH excluding ortho intramolecular Hbond substituents is 1. The van der Waals surface area contributed by atoms with Crippen LogP contribution in [0, 0.1) is 0 Å². The fourth-order valence-electron chi connectivity index (χ4n) is 11.7. The van der Waals surface area contributed by atoms with Crippen LogP contribution < -0.4 is 58.1 Å². The number of aromatic hydroxyl groups is 1. The third-order valence-corrected chi connectivity index (χ3v) is 18.4. The van der Waals surface area contributed by atoms with Crippen molar-refractivity contribution in [2.24, 2.45) is 0 Å². The number of aromatic nitrogens is 4. The molecule has 7 amide bonds. The molecule has 2 fully saturated rings. The summed E-state index contributed by atoms with van der Waals surface area (Å²) < 4.78 is 34.6. The fourth-order valence-corrected chi connectivity index (χ4v) is 13.2. The number of hydrogen-bond acceptors (Lipinski definition) is 19. The van der Waals surface area contributed by atoms with Crippen LogP contribution in [0.5, 0.6) is 11.6 Å². The first-order chi connectivity index (χ1) is 48.1. The number of nitrogens with two attached hydrogens (primary N) is 1. The number of carbonyl (C=O) groups is 7. The van der Waals surface area contributed by atoms with Crippen LogP contribution in [-0.4, -0.2) is 168 Å². The van der Waals surface area contributed by atoms with E-state index >= 15 is 0 Å². The molecule has 13 N–H and O–H groups in total. The van der Waals surface area contributed by atoms with Crippen molar-refractivity contribution in [1.82, 2.24) is 52.2 Å². The standard InChI is InChI=1S/C70H88N12O16S/c71-69-81-64-63(76-43-77-64)67(82-69)97-41-45-18-16-44(17-19-45)40-96-36-35-95-34-33-94-32-31-93-30-29-75-66(89)53(78-60(87)15-4-2-8-26-72-59(86)14-6-5-12-57-62-54(42-99-57)79-70(92)80-62)11-7-10-27-73-58(85)13-3-1-9-28-74-65(88)46-20-23-49(52(37-46)68(90)91)61-50-24-21-47(83)38-55(50)98-56-39-48(84)22-25-51(56)61/h16-25,37-39,43,53-54,57,62,83H,1-15,26-36,40-42H2,(H,72,86)(H,73,85)(H,74,88)(H,75,89)(H,78,87)(H,90,91)(H2,79,80,92)(H3,71,76,77,81,82)/p+1/t53?,54-,57-,62-/m1/s1. The smallest absolute Gasteiger partial charge is 0.392 e. The number of nitrogen functional groups attached to an aromatic ring is 1. The van der Waals surface area contributed by atoms with E-state index in [1.165, 1.54) is 42.7 Å². The van der Waals surface area contributed by atoms with E-state index in [-0.39, 0.29) is 114 Å². The molecule has 0 spiro atoms. The third-order valence-electron chi connectivity index (χ3n) is 16.9. The number of nitrogens with one attached hydrogen (secondary N) is 9. The summed E-state index contributed by atoms with van der Waals surface area (Å²) in [5, 5.41) is 41.8. The minimum Gasteiger partial charge on any atom is -0.508 e. The van der Waals surface area contributed by atoms with Gasteiger partial charge in [-0.3, -0.25) is 34.5 Å². The number of benzene rings is 4. The Balaban J connectivity index is 0.620. The summed E-state index contributed by atoms with van der Waals surface area (Å²) in [4.78, 5) is 116. The number of aromatic amines is 2. The Morgan fingerprint density at radius 3 is 2.06 bits per heavy atom. The van der Waals surface area contributed by atoms with Crippen LogP contribution in [0.1, 0.15) is 128 Å². The van der Waals surface area contributed by atoms with Gasteiger partial charge in [0.15, 0.2) is 10.9 Å². The van der Waals surface area contributed by atoms with Gasteiger partial charge in [-0.05, 0) is 116 Å². The molecule has 4 aliphatic rings. The number of phenols is 1. The van der Waals surface area contributed by atoms with Crippen molar-refractivity contribution in [2.45, 2.75) is 133 Å². The van der Waals surface area contributed by atoms with Gasteiger partial charge in [0.25, 0.3) is 17.4 Å². The number of unbranched alkanes of at least 4 members (excludes halogenated alkanes) is 6. The fraction of sp³-hybridized carbons (Fsp3) is 0.471. The Labute approximate surface area is 576 Å². The summed E-state index contributed by atoms with van der Waals surface area (Å²) in [5.74, 6) is -0.801. The normalized spacial score (nSPS) is 15.1. The number of hydrogen-bond donors (Lipinski definition) is 11. The number of urea groups is 1. The number of carboxylic acids is 1. The molecule has 3 aliphatic heterocycles. The van der Waals surface area contributed by atoms with Gasteiger partial charge in [-0.1, -0.05) is 49.6 Å². The second kappa shape index (κ2) is 38.7. The lowest BCUT2D eigenvalue weighted by Gasteiger charge is -2.19. The second-order valence-electron chi connectivity index (χ2n) is 24.3. The number of imidazole rings is 1. The number of carbonyl (C=O) groups excluding carboxylic acids is 6. The summed E-state index contributed by atoms with van der Waals surface area (Å²) in [5.41, 5.74) is 10.1. The first-order valence-electron chi connectivity index (χ1n) is 33.8. The molecule has 0 saturated carbocycles. The van der Waals surface area contributed by atoms with Crippen LogP contribution in [0.3, 0.4) is 0 Å². The minimum atomic E-state index is -1.27. The van der Waals surface area contributed by atoms with Gasteiger partial charge in [0, 0.05) is 90.7 Å². The van der Waals surface area contributed by atoms with Crippen molar-refractivity contribution >= 4 is 81.4 Å². The lowest BCUT2D eigenvalue weighted by molar-refractivity contribution is -0.380. The van der Waals surface area contributed by atoms with Gasteiger partial charge in [0.1, 0.15) is 29.7 Å². The molecule has 3 aromatic carbocycles. The SMILES string of the molecule is Nc1nc2nc[nH]c2c(OCc2ccc(COCCOCCOCCOCCNC(=O)C(CCCCNC(=O)CCCCCNC(=O)c3ccc(-c4c5ccc(=O)cc-5oc5cc(O)ccc45)c(C(=O)O)c3)NC(=O)CCCCCNC(=O)CCCC[C@H]3SC[C@H]4NC(=O)N[C@H]43)cc2)[nH+]1. The summed E-state index contributed by atoms with van der Waals surface area (Å²) in [7, 11) is 0. The quantitative estimate of drug-likeness (QED) is 0.0117. The maximum absolute atomic E-state index is 13.5. The lowest BCUT2D eigenvalue weighted by Crippen LogP contribution is -2.47. The number of rotatable bonds is 44. The lowest BCUT2D eigenvalue weighted by atomic mass is 9.90. The number of thioether (sulfide) groups is 1. The highest BCUT2D eigenvalue weighted by atomic mass is 32.2. The number of aromatic carboxylic acids is 1. The Hall–Kier alpha value is -9.42. The van der Waals surface area contributed by atoms with Gasteiger partial charge in [-0.2, -0.15) is 11.8 Å². The zero-order valence-corrected chi connectivity index (χ0v) is 56.2. The molecule has 9 rings (SSSR count). The first kappa shape index (κ1) is 73.8. The molecule has 4 atom stereocenters. The molecule has 29 heteroatoms. The molecule has 2 aromatic heterocycles. The zero-order chi connectivity index (χ0) is 69.7. The number of H-pyrrole nitrogens is 2. The summed E-state index contributed by atoms with van der Waals surface area (Å²) in [6, 6.07) is 20.3. The topological polar surface area (TPSA) is 402 Å². The molecule has 1 aliphatic carbocycles. The maximum Gasteiger partial charge on any atom is 0.392 e. The van der Waals surface area contributed by atoms with E-state index in [0.29, 0.717) is 175 Å². The van der Waals surface area contributed by atoms with Crippen LogP contribution in [0.4, 0.5) is 10.7 Å². The van der Waals surface area contributed by atoms with E-state index in [4.69, 9.17) is 33.8 Å². The monoisotopic (exact) mass is 1390 g/mol. The van der Waals surface area contributed by atoms with Crippen molar-refractivity contribution in [3.05, 3.63) is 118 Å². The van der Waals surface area contributed by atoms with Gasteiger partial charge < -0.3 is 80.5 Å². The van der Waals surface area contributed by atoms with Crippen LogP contribution in [-0.2, 0) is 51.3 Å². The van der Waals surface area contributed by atoms with Crippen LogP contribution in [0.2, 0.25) is 0 Å².